The third-order valence-corrected chi connectivity index (χ3v) is 7.05. The van der Waals surface area contributed by atoms with Crippen molar-refractivity contribution in [2.24, 2.45) is 0 Å². The predicted octanol–water partition coefficient (Wildman–Crippen LogP) is 2.62. The Bertz CT molecular complexity index is 1080. The number of benzene rings is 2. The summed E-state index contributed by atoms with van der Waals surface area (Å²) in [6.45, 7) is 1.24. The number of piperazine rings is 1. The number of amides is 1. The lowest BCUT2D eigenvalue weighted by atomic mass is 10.1. The quantitative estimate of drug-likeness (QED) is 0.710. The summed E-state index contributed by atoms with van der Waals surface area (Å²) in [7, 11) is -3.96. The van der Waals surface area contributed by atoms with Crippen LogP contribution in [0.5, 0.6) is 11.5 Å². The molecule has 0 unspecified atom stereocenters. The van der Waals surface area contributed by atoms with Gasteiger partial charge in [0.25, 0.3) is 5.91 Å². The first kappa shape index (κ1) is 21.4. The van der Waals surface area contributed by atoms with E-state index in [9.17, 15) is 26.4 Å². The van der Waals surface area contributed by atoms with E-state index in [0.29, 0.717) is 30.3 Å². The van der Waals surface area contributed by atoms with Crippen LogP contribution in [-0.4, -0.2) is 62.9 Å². The SMILES string of the molecule is O=C(c1ccc2c(c1)OCCO2)N1CCN(S(=O)(=O)c2ccc(C(F)(F)F)cc2)CC1. The van der Waals surface area contributed by atoms with E-state index in [-0.39, 0.29) is 37.0 Å². The van der Waals surface area contributed by atoms with Crippen molar-refractivity contribution in [1.82, 2.24) is 9.21 Å². The van der Waals surface area contributed by atoms with Crippen LogP contribution in [0.3, 0.4) is 0 Å². The third kappa shape index (κ3) is 4.33. The van der Waals surface area contributed by atoms with Gasteiger partial charge in [-0.1, -0.05) is 0 Å². The van der Waals surface area contributed by atoms with Gasteiger partial charge < -0.3 is 14.4 Å². The number of carbonyl (C=O) groups excluding carboxylic acids is 1. The standard InChI is InChI=1S/C20H19F3N2O5S/c21-20(22,23)15-2-4-16(5-3-15)31(27,28)25-9-7-24(8-10-25)19(26)14-1-6-17-18(13-14)30-12-11-29-17/h1-6,13H,7-12H2. The number of fused-ring (bicyclic) bond motifs is 1. The molecule has 2 aliphatic heterocycles. The molecule has 7 nitrogen and oxygen atoms in total. The van der Waals surface area contributed by atoms with Gasteiger partial charge in [-0.25, -0.2) is 8.42 Å². The van der Waals surface area contributed by atoms with E-state index in [1.165, 1.54) is 9.21 Å². The fraction of sp³-hybridized carbons (Fsp3) is 0.350. The summed E-state index contributed by atoms with van der Waals surface area (Å²) in [5.74, 6) is 0.791. The van der Waals surface area contributed by atoms with E-state index >= 15 is 0 Å². The molecule has 31 heavy (non-hydrogen) atoms. The number of alkyl halides is 3. The van der Waals surface area contributed by atoms with Crippen LogP contribution in [0.25, 0.3) is 0 Å². The maximum Gasteiger partial charge on any atom is 0.416 e. The summed E-state index contributed by atoms with van der Waals surface area (Å²) in [4.78, 5) is 14.1. The fourth-order valence-corrected chi connectivity index (χ4v) is 4.88. The summed E-state index contributed by atoms with van der Waals surface area (Å²) in [5, 5.41) is 0. The Hall–Kier alpha value is -2.79. The molecule has 2 aliphatic rings. The Balaban J connectivity index is 1.42. The molecule has 4 rings (SSSR count). The second kappa shape index (κ2) is 8.04. The van der Waals surface area contributed by atoms with Gasteiger partial charge in [-0.05, 0) is 42.5 Å². The number of carbonyl (C=O) groups is 1. The van der Waals surface area contributed by atoms with Crippen LogP contribution in [0.2, 0.25) is 0 Å². The van der Waals surface area contributed by atoms with Gasteiger partial charge in [0.1, 0.15) is 13.2 Å². The highest BCUT2D eigenvalue weighted by Crippen LogP contribution is 2.32. The zero-order valence-electron chi connectivity index (χ0n) is 16.3. The van der Waals surface area contributed by atoms with Crippen molar-refractivity contribution < 1.29 is 35.9 Å². The van der Waals surface area contributed by atoms with E-state index in [1.807, 2.05) is 0 Å². The van der Waals surface area contributed by atoms with Crippen molar-refractivity contribution >= 4 is 15.9 Å². The lowest BCUT2D eigenvalue weighted by Gasteiger charge is -2.34. The van der Waals surface area contributed by atoms with Crippen molar-refractivity contribution in [2.75, 3.05) is 39.4 Å². The van der Waals surface area contributed by atoms with Crippen LogP contribution in [0, 0.1) is 0 Å². The molecule has 166 valence electrons. The van der Waals surface area contributed by atoms with E-state index in [1.54, 1.807) is 18.2 Å². The summed E-state index contributed by atoms with van der Waals surface area (Å²) in [6, 6.07) is 8.27. The minimum Gasteiger partial charge on any atom is -0.486 e. The van der Waals surface area contributed by atoms with Gasteiger partial charge in [-0.15, -0.1) is 0 Å². The number of rotatable bonds is 3. The van der Waals surface area contributed by atoms with Gasteiger partial charge in [0.15, 0.2) is 11.5 Å². The topological polar surface area (TPSA) is 76.2 Å². The Morgan fingerprint density at radius 2 is 1.48 bits per heavy atom. The van der Waals surface area contributed by atoms with E-state index in [4.69, 9.17) is 9.47 Å². The first-order valence-electron chi connectivity index (χ1n) is 9.52. The second-order valence-corrected chi connectivity index (χ2v) is 9.01. The number of hydrogen-bond donors (Lipinski definition) is 0. The summed E-state index contributed by atoms with van der Waals surface area (Å²) in [6.07, 6.45) is -4.54. The van der Waals surface area contributed by atoms with Crippen LogP contribution in [0.4, 0.5) is 13.2 Å². The molecule has 0 aliphatic carbocycles. The number of halogens is 3. The number of sulfonamides is 1. The van der Waals surface area contributed by atoms with Crippen LogP contribution in [0.1, 0.15) is 15.9 Å². The molecule has 0 saturated carbocycles. The number of ether oxygens (including phenoxy) is 2. The van der Waals surface area contributed by atoms with Gasteiger partial charge in [0, 0.05) is 31.7 Å². The Kier molecular flexibility index (Phi) is 5.56. The lowest BCUT2D eigenvalue weighted by Crippen LogP contribution is -2.50. The Morgan fingerprint density at radius 3 is 2.10 bits per heavy atom. The third-order valence-electron chi connectivity index (χ3n) is 5.13. The van der Waals surface area contributed by atoms with Crippen molar-refractivity contribution in [1.29, 1.82) is 0 Å². The molecular weight excluding hydrogens is 437 g/mol. The van der Waals surface area contributed by atoms with Crippen molar-refractivity contribution in [3.8, 4) is 11.5 Å². The highest BCUT2D eigenvalue weighted by Gasteiger charge is 2.33. The van der Waals surface area contributed by atoms with Gasteiger partial charge in [-0.2, -0.15) is 17.5 Å². The first-order valence-corrected chi connectivity index (χ1v) is 11.0. The minimum atomic E-state index is -4.54. The molecule has 0 spiro atoms. The normalized spacial score (nSPS) is 17.5. The average molecular weight is 456 g/mol. The van der Waals surface area contributed by atoms with E-state index in [0.717, 1.165) is 24.3 Å². The molecule has 1 saturated heterocycles. The monoisotopic (exact) mass is 456 g/mol. The molecule has 11 heteroatoms. The molecule has 1 amide bonds. The van der Waals surface area contributed by atoms with Crippen molar-refractivity contribution in [3.05, 3.63) is 53.6 Å². The molecule has 0 radical (unpaired) electrons. The summed E-state index contributed by atoms with van der Waals surface area (Å²) < 4.78 is 75.8. The summed E-state index contributed by atoms with van der Waals surface area (Å²) >= 11 is 0. The van der Waals surface area contributed by atoms with Crippen LogP contribution in [-0.2, 0) is 16.2 Å². The summed E-state index contributed by atoms with van der Waals surface area (Å²) in [5.41, 5.74) is -0.510. The van der Waals surface area contributed by atoms with Gasteiger partial charge >= 0.3 is 6.18 Å². The zero-order chi connectivity index (χ0) is 22.2. The maximum atomic E-state index is 12.8. The largest absolute Gasteiger partial charge is 0.486 e. The van der Waals surface area contributed by atoms with Crippen LogP contribution < -0.4 is 9.47 Å². The fourth-order valence-electron chi connectivity index (χ4n) is 3.46. The second-order valence-electron chi connectivity index (χ2n) is 7.08. The minimum absolute atomic E-state index is 0.0413. The van der Waals surface area contributed by atoms with Crippen LogP contribution in [0.15, 0.2) is 47.4 Å². The molecule has 2 aromatic rings. The van der Waals surface area contributed by atoms with Crippen molar-refractivity contribution in [3.63, 3.8) is 0 Å². The predicted molar refractivity (Wildman–Crippen MR) is 104 cm³/mol. The molecule has 2 aromatic carbocycles. The maximum absolute atomic E-state index is 12.8. The molecule has 0 aromatic heterocycles. The highest BCUT2D eigenvalue weighted by molar-refractivity contribution is 7.89. The zero-order valence-corrected chi connectivity index (χ0v) is 17.1. The number of hydrogen-bond acceptors (Lipinski definition) is 5. The van der Waals surface area contributed by atoms with Gasteiger partial charge in [-0.3, -0.25) is 4.79 Å². The van der Waals surface area contributed by atoms with Gasteiger partial charge in [0.2, 0.25) is 10.0 Å². The Morgan fingerprint density at radius 1 is 0.871 bits per heavy atom. The first-order chi connectivity index (χ1) is 14.7. The molecular formula is C20H19F3N2O5S. The van der Waals surface area contributed by atoms with Crippen molar-refractivity contribution in [2.45, 2.75) is 11.1 Å². The molecule has 1 fully saturated rings. The number of nitrogens with zero attached hydrogens (tertiary/aromatic N) is 2. The molecule has 0 N–H and O–H groups in total. The molecule has 2 heterocycles. The molecule has 0 atom stereocenters. The average Bonchev–Trinajstić information content (AvgIpc) is 2.78. The van der Waals surface area contributed by atoms with E-state index < -0.39 is 21.8 Å². The molecule has 0 bridgehead atoms. The lowest BCUT2D eigenvalue weighted by molar-refractivity contribution is -0.137. The van der Waals surface area contributed by atoms with E-state index in [2.05, 4.69) is 0 Å². The van der Waals surface area contributed by atoms with Gasteiger partial charge in [0.05, 0.1) is 10.5 Å². The Labute approximate surface area is 177 Å². The smallest absolute Gasteiger partial charge is 0.416 e. The highest BCUT2D eigenvalue weighted by atomic mass is 32.2. The van der Waals surface area contributed by atoms with Crippen LogP contribution >= 0.6 is 0 Å².